The molecule has 102 valence electrons. The molecule has 6 heteroatoms. The molecule has 1 atom stereocenters. The molecule has 0 aromatic rings. The molecule has 0 spiro atoms. The van der Waals surface area contributed by atoms with Crippen molar-refractivity contribution in [1.82, 2.24) is 9.62 Å². The number of nitrogens with zero attached hydrogens (tertiary/aromatic N) is 1. The Hall–Kier alpha value is -0.170. The smallest absolute Gasteiger partial charge is 0.211 e. The molecule has 1 rings (SSSR count). The second-order valence-corrected chi connectivity index (χ2v) is 6.42. The van der Waals surface area contributed by atoms with Crippen LogP contribution >= 0.6 is 0 Å². The van der Waals surface area contributed by atoms with Gasteiger partial charge in [0.25, 0.3) is 0 Å². The van der Waals surface area contributed by atoms with E-state index in [1.807, 2.05) is 6.92 Å². The van der Waals surface area contributed by atoms with Crippen LogP contribution in [0.2, 0.25) is 0 Å². The van der Waals surface area contributed by atoms with Crippen LogP contribution in [0.4, 0.5) is 0 Å². The lowest BCUT2D eigenvalue weighted by molar-refractivity contribution is 0.141. The van der Waals surface area contributed by atoms with Crippen LogP contribution in [0.5, 0.6) is 0 Å². The molecule has 0 amide bonds. The van der Waals surface area contributed by atoms with Gasteiger partial charge in [0.1, 0.15) is 0 Å². The zero-order valence-corrected chi connectivity index (χ0v) is 11.6. The van der Waals surface area contributed by atoms with Crippen molar-refractivity contribution < 1.29 is 13.2 Å². The summed E-state index contributed by atoms with van der Waals surface area (Å²) in [5, 5.41) is 0. The summed E-state index contributed by atoms with van der Waals surface area (Å²) in [6.07, 6.45) is 2.87. The van der Waals surface area contributed by atoms with E-state index in [1.54, 1.807) is 7.11 Å². The normalized spacial score (nSPS) is 22.1. The van der Waals surface area contributed by atoms with Crippen molar-refractivity contribution >= 4 is 10.0 Å². The minimum atomic E-state index is -3.07. The van der Waals surface area contributed by atoms with Gasteiger partial charge < -0.3 is 4.74 Å². The van der Waals surface area contributed by atoms with E-state index in [9.17, 15) is 8.42 Å². The van der Waals surface area contributed by atoms with Gasteiger partial charge in [0.15, 0.2) is 0 Å². The van der Waals surface area contributed by atoms with Gasteiger partial charge in [-0.2, -0.15) is 0 Å². The second-order valence-electron chi connectivity index (χ2n) is 4.49. The zero-order chi connectivity index (χ0) is 12.7. The Morgan fingerprint density at radius 1 is 1.47 bits per heavy atom. The summed E-state index contributed by atoms with van der Waals surface area (Å²) in [7, 11) is -1.38. The average Bonchev–Trinajstić information content (AvgIpc) is 2.71. The maximum atomic E-state index is 11.6. The molecule has 1 aliphatic heterocycles. The Labute approximate surface area is 105 Å². The van der Waals surface area contributed by atoms with Gasteiger partial charge in [-0.15, -0.1) is 0 Å². The van der Waals surface area contributed by atoms with E-state index in [4.69, 9.17) is 4.74 Å². The lowest BCUT2D eigenvalue weighted by atomic mass is 10.2. The molecular formula is C11H24N2O3S. The number of ether oxygens (including phenoxy) is 1. The number of sulfonamides is 1. The van der Waals surface area contributed by atoms with Crippen LogP contribution < -0.4 is 4.72 Å². The minimum Gasteiger partial charge on any atom is -0.383 e. The molecule has 0 aromatic heterocycles. The topological polar surface area (TPSA) is 58.6 Å². The molecule has 0 aliphatic carbocycles. The second kappa shape index (κ2) is 7.31. The molecule has 1 N–H and O–H groups in total. The number of rotatable bonds is 8. The van der Waals surface area contributed by atoms with Crippen molar-refractivity contribution in [1.29, 1.82) is 0 Å². The van der Waals surface area contributed by atoms with E-state index >= 15 is 0 Å². The molecule has 5 nitrogen and oxygen atoms in total. The Balaban J connectivity index is 2.35. The van der Waals surface area contributed by atoms with Crippen molar-refractivity contribution in [3.05, 3.63) is 0 Å². The summed E-state index contributed by atoms with van der Waals surface area (Å²) in [6.45, 7) is 5.05. The Bertz CT molecular complexity index is 306. The monoisotopic (exact) mass is 264 g/mol. The SMILES string of the molecule is CCCS(=O)(=O)NC[C@H]1CCCN1CCOC. The third-order valence-electron chi connectivity index (χ3n) is 3.09. The van der Waals surface area contributed by atoms with Gasteiger partial charge in [0, 0.05) is 26.2 Å². The summed E-state index contributed by atoms with van der Waals surface area (Å²) in [5.74, 6) is 0.220. The van der Waals surface area contributed by atoms with Crippen molar-refractivity contribution in [3.63, 3.8) is 0 Å². The van der Waals surface area contributed by atoms with Gasteiger partial charge in [0.2, 0.25) is 10.0 Å². The maximum Gasteiger partial charge on any atom is 0.211 e. The molecule has 1 saturated heterocycles. The minimum absolute atomic E-state index is 0.220. The fourth-order valence-electron chi connectivity index (χ4n) is 2.19. The number of likely N-dealkylation sites (tertiary alicyclic amines) is 1. The van der Waals surface area contributed by atoms with Crippen LogP contribution in [0.1, 0.15) is 26.2 Å². The van der Waals surface area contributed by atoms with Crippen LogP contribution in [-0.2, 0) is 14.8 Å². The Kier molecular flexibility index (Phi) is 6.40. The van der Waals surface area contributed by atoms with Gasteiger partial charge in [-0.1, -0.05) is 6.92 Å². The number of hydrogen-bond acceptors (Lipinski definition) is 4. The highest BCUT2D eigenvalue weighted by Gasteiger charge is 2.25. The zero-order valence-electron chi connectivity index (χ0n) is 10.8. The predicted octanol–water partition coefficient (Wildman–Crippen LogP) is 0.427. The van der Waals surface area contributed by atoms with Gasteiger partial charge in [-0.05, 0) is 25.8 Å². The van der Waals surface area contributed by atoms with E-state index in [1.165, 1.54) is 0 Å². The van der Waals surface area contributed by atoms with Crippen LogP contribution in [0, 0.1) is 0 Å². The third kappa shape index (κ3) is 5.33. The standard InChI is InChI=1S/C11H24N2O3S/c1-3-9-17(14,15)12-10-11-5-4-6-13(11)7-8-16-2/h11-12H,3-10H2,1-2H3/t11-/m1/s1. The van der Waals surface area contributed by atoms with Crippen molar-refractivity contribution in [3.8, 4) is 0 Å². The van der Waals surface area contributed by atoms with Crippen molar-refractivity contribution in [2.24, 2.45) is 0 Å². The molecule has 1 fully saturated rings. The largest absolute Gasteiger partial charge is 0.383 e. The number of nitrogens with one attached hydrogen (secondary N) is 1. The quantitative estimate of drug-likeness (QED) is 0.690. The van der Waals surface area contributed by atoms with Gasteiger partial charge >= 0.3 is 0 Å². The first-order valence-corrected chi connectivity index (χ1v) is 7.94. The number of methoxy groups -OCH3 is 1. The highest BCUT2D eigenvalue weighted by molar-refractivity contribution is 7.89. The molecule has 1 heterocycles. The highest BCUT2D eigenvalue weighted by atomic mass is 32.2. The molecule has 0 radical (unpaired) electrons. The molecular weight excluding hydrogens is 240 g/mol. The summed E-state index contributed by atoms with van der Waals surface area (Å²) < 4.78 is 30.9. The summed E-state index contributed by atoms with van der Waals surface area (Å²) in [4.78, 5) is 2.30. The van der Waals surface area contributed by atoms with E-state index in [-0.39, 0.29) is 5.75 Å². The van der Waals surface area contributed by atoms with Crippen molar-refractivity contribution in [2.45, 2.75) is 32.2 Å². The van der Waals surface area contributed by atoms with Crippen LogP contribution in [0.25, 0.3) is 0 Å². The fraction of sp³-hybridized carbons (Fsp3) is 1.00. The molecule has 17 heavy (non-hydrogen) atoms. The van der Waals surface area contributed by atoms with Crippen LogP contribution in [0.15, 0.2) is 0 Å². The third-order valence-corrected chi connectivity index (χ3v) is 4.65. The Morgan fingerprint density at radius 3 is 2.88 bits per heavy atom. The summed E-state index contributed by atoms with van der Waals surface area (Å²) in [5.41, 5.74) is 0. The number of hydrogen-bond donors (Lipinski definition) is 1. The van der Waals surface area contributed by atoms with E-state index in [0.717, 1.165) is 25.9 Å². The molecule has 0 bridgehead atoms. The van der Waals surface area contributed by atoms with Crippen molar-refractivity contribution in [2.75, 3.05) is 39.1 Å². The molecule has 0 saturated carbocycles. The average molecular weight is 264 g/mol. The summed E-state index contributed by atoms with van der Waals surface area (Å²) in [6, 6.07) is 0.330. The predicted molar refractivity (Wildman–Crippen MR) is 68.6 cm³/mol. The first kappa shape index (κ1) is 14.9. The first-order chi connectivity index (χ1) is 8.09. The van der Waals surface area contributed by atoms with Gasteiger partial charge in [-0.25, -0.2) is 13.1 Å². The van der Waals surface area contributed by atoms with E-state index in [0.29, 0.717) is 25.6 Å². The van der Waals surface area contributed by atoms with E-state index < -0.39 is 10.0 Å². The highest BCUT2D eigenvalue weighted by Crippen LogP contribution is 2.16. The lowest BCUT2D eigenvalue weighted by Crippen LogP contribution is -2.41. The molecule has 0 aromatic carbocycles. The van der Waals surface area contributed by atoms with Gasteiger partial charge in [0.05, 0.1) is 12.4 Å². The maximum absolute atomic E-state index is 11.6. The first-order valence-electron chi connectivity index (χ1n) is 6.29. The lowest BCUT2D eigenvalue weighted by Gasteiger charge is -2.24. The fourth-order valence-corrected chi connectivity index (χ4v) is 3.32. The molecule has 0 unspecified atom stereocenters. The molecule has 1 aliphatic rings. The summed E-state index contributed by atoms with van der Waals surface area (Å²) >= 11 is 0. The van der Waals surface area contributed by atoms with Crippen LogP contribution in [0.3, 0.4) is 0 Å². The Morgan fingerprint density at radius 2 is 2.24 bits per heavy atom. The van der Waals surface area contributed by atoms with Gasteiger partial charge in [-0.3, -0.25) is 4.90 Å². The van der Waals surface area contributed by atoms with E-state index in [2.05, 4.69) is 9.62 Å². The van der Waals surface area contributed by atoms with Crippen LogP contribution in [-0.4, -0.2) is 58.5 Å².